The maximum absolute atomic E-state index is 5.94. The lowest BCUT2D eigenvalue weighted by Crippen LogP contribution is -2.41. The van der Waals surface area contributed by atoms with E-state index in [4.69, 9.17) is 9.47 Å². The summed E-state index contributed by atoms with van der Waals surface area (Å²) in [6.07, 6.45) is 2.25. The van der Waals surface area contributed by atoms with Gasteiger partial charge in [0.15, 0.2) is 6.29 Å². The number of ether oxygens (including phenoxy) is 2. The number of hydrogen-bond acceptors (Lipinski definition) is 2. The van der Waals surface area contributed by atoms with Crippen LogP contribution in [0.2, 0.25) is 0 Å². The standard InChI is InChI=1S/C16H24O2/c1-4-10-16(3)11-17-15(18-12-16)13(2)14-8-6-5-7-9-14/h5-9,13,15H,4,10-12H2,1-3H3. The van der Waals surface area contributed by atoms with Crippen molar-refractivity contribution in [3.05, 3.63) is 35.9 Å². The van der Waals surface area contributed by atoms with Gasteiger partial charge in [0.2, 0.25) is 0 Å². The number of rotatable bonds is 4. The third kappa shape index (κ3) is 3.12. The molecule has 0 radical (unpaired) electrons. The van der Waals surface area contributed by atoms with Crippen LogP contribution in [0.15, 0.2) is 30.3 Å². The smallest absolute Gasteiger partial charge is 0.164 e. The molecule has 0 bridgehead atoms. The Morgan fingerprint density at radius 3 is 2.39 bits per heavy atom. The second-order valence-corrected chi connectivity index (χ2v) is 5.75. The Hall–Kier alpha value is -0.860. The highest BCUT2D eigenvalue weighted by Crippen LogP contribution is 2.33. The first-order chi connectivity index (χ1) is 8.64. The van der Waals surface area contributed by atoms with Gasteiger partial charge in [-0.25, -0.2) is 0 Å². The molecule has 2 rings (SSSR count). The van der Waals surface area contributed by atoms with Crippen LogP contribution in [0.4, 0.5) is 0 Å². The molecule has 1 heterocycles. The minimum absolute atomic E-state index is 0.0997. The van der Waals surface area contributed by atoms with Crippen LogP contribution in [0.5, 0.6) is 0 Å². The molecule has 2 nitrogen and oxygen atoms in total. The molecule has 1 aliphatic heterocycles. The first-order valence-corrected chi connectivity index (χ1v) is 6.93. The highest BCUT2D eigenvalue weighted by atomic mass is 16.7. The predicted molar refractivity (Wildman–Crippen MR) is 73.6 cm³/mol. The summed E-state index contributed by atoms with van der Waals surface area (Å²) in [5.74, 6) is 0.289. The molecule has 1 atom stereocenters. The Bertz CT molecular complexity index is 353. The molecule has 1 saturated heterocycles. The average Bonchev–Trinajstić information content (AvgIpc) is 2.40. The van der Waals surface area contributed by atoms with Gasteiger partial charge in [0, 0.05) is 11.3 Å². The van der Waals surface area contributed by atoms with Crippen LogP contribution in [0.3, 0.4) is 0 Å². The van der Waals surface area contributed by atoms with Crippen LogP contribution in [0.1, 0.15) is 45.1 Å². The van der Waals surface area contributed by atoms with Crippen LogP contribution in [0, 0.1) is 5.41 Å². The van der Waals surface area contributed by atoms with Crippen molar-refractivity contribution in [1.29, 1.82) is 0 Å². The van der Waals surface area contributed by atoms with E-state index in [0.29, 0.717) is 0 Å². The van der Waals surface area contributed by atoms with Crippen molar-refractivity contribution in [3.63, 3.8) is 0 Å². The molecule has 0 aliphatic carbocycles. The Balaban J connectivity index is 1.94. The van der Waals surface area contributed by atoms with Crippen LogP contribution in [-0.2, 0) is 9.47 Å². The van der Waals surface area contributed by atoms with Gasteiger partial charge in [-0.2, -0.15) is 0 Å². The molecule has 0 N–H and O–H groups in total. The number of hydrogen-bond donors (Lipinski definition) is 0. The first-order valence-electron chi connectivity index (χ1n) is 6.93. The van der Waals surface area contributed by atoms with Crippen LogP contribution < -0.4 is 0 Å². The van der Waals surface area contributed by atoms with E-state index in [-0.39, 0.29) is 17.6 Å². The lowest BCUT2D eigenvalue weighted by molar-refractivity contribution is -0.234. The lowest BCUT2D eigenvalue weighted by atomic mass is 9.86. The normalized spacial score (nSPS) is 30.1. The van der Waals surface area contributed by atoms with Crippen molar-refractivity contribution in [3.8, 4) is 0 Å². The summed E-state index contributed by atoms with van der Waals surface area (Å²) < 4.78 is 11.9. The molecule has 1 unspecified atom stereocenters. The zero-order valence-electron chi connectivity index (χ0n) is 11.7. The van der Waals surface area contributed by atoms with Crippen molar-refractivity contribution in [2.24, 2.45) is 5.41 Å². The highest BCUT2D eigenvalue weighted by Gasteiger charge is 2.34. The van der Waals surface area contributed by atoms with Crippen molar-refractivity contribution in [1.82, 2.24) is 0 Å². The molecule has 18 heavy (non-hydrogen) atoms. The fourth-order valence-corrected chi connectivity index (χ4v) is 2.61. The summed E-state index contributed by atoms with van der Waals surface area (Å²) in [7, 11) is 0. The van der Waals surface area contributed by atoms with E-state index in [1.807, 2.05) is 6.07 Å². The van der Waals surface area contributed by atoms with E-state index >= 15 is 0 Å². The van der Waals surface area contributed by atoms with Crippen LogP contribution >= 0.6 is 0 Å². The Labute approximate surface area is 110 Å². The van der Waals surface area contributed by atoms with E-state index in [1.54, 1.807) is 0 Å². The zero-order chi connectivity index (χ0) is 13.0. The highest BCUT2D eigenvalue weighted by molar-refractivity contribution is 5.19. The molecule has 1 aliphatic rings. The molecule has 2 heteroatoms. The second-order valence-electron chi connectivity index (χ2n) is 5.75. The largest absolute Gasteiger partial charge is 0.351 e. The van der Waals surface area contributed by atoms with Gasteiger partial charge in [-0.15, -0.1) is 0 Å². The van der Waals surface area contributed by atoms with E-state index < -0.39 is 0 Å². The van der Waals surface area contributed by atoms with Crippen molar-refractivity contribution in [2.75, 3.05) is 13.2 Å². The number of benzene rings is 1. The van der Waals surface area contributed by atoms with Crippen LogP contribution in [0.25, 0.3) is 0 Å². The van der Waals surface area contributed by atoms with Gasteiger partial charge in [-0.1, -0.05) is 57.5 Å². The van der Waals surface area contributed by atoms with Gasteiger partial charge < -0.3 is 9.47 Å². The topological polar surface area (TPSA) is 18.5 Å². The molecule has 0 saturated carbocycles. The van der Waals surface area contributed by atoms with Gasteiger partial charge in [0.1, 0.15) is 0 Å². The quantitative estimate of drug-likeness (QED) is 0.802. The van der Waals surface area contributed by atoms with Gasteiger partial charge in [-0.3, -0.25) is 0 Å². The maximum Gasteiger partial charge on any atom is 0.164 e. The summed E-state index contributed by atoms with van der Waals surface area (Å²) in [4.78, 5) is 0. The monoisotopic (exact) mass is 248 g/mol. The summed E-state index contributed by atoms with van der Waals surface area (Å²) in [6, 6.07) is 10.4. The Morgan fingerprint density at radius 2 is 1.83 bits per heavy atom. The van der Waals surface area contributed by atoms with E-state index in [9.17, 15) is 0 Å². The van der Waals surface area contributed by atoms with Gasteiger partial charge in [0.25, 0.3) is 0 Å². The summed E-state index contributed by atoms with van der Waals surface area (Å²) in [6.45, 7) is 8.25. The fraction of sp³-hybridized carbons (Fsp3) is 0.625. The zero-order valence-corrected chi connectivity index (χ0v) is 11.7. The van der Waals surface area contributed by atoms with Gasteiger partial charge in [0.05, 0.1) is 13.2 Å². The third-order valence-corrected chi connectivity index (χ3v) is 3.78. The van der Waals surface area contributed by atoms with E-state index in [0.717, 1.165) is 13.2 Å². The van der Waals surface area contributed by atoms with Gasteiger partial charge >= 0.3 is 0 Å². The third-order valence-electron chi connectivity index (χ3n) is 3.78. The minimum Gasteiger partial charge on any atom is -0.351 e. The molecule has 1 aromatic rings. The van der Waals surface area contributed by atoms with E-state index in [1.165, 1.54) is 18.4 Å². The molecule has 100 valence electrons. The fourth-order valence-electron chi connectivity index (χ4n) is 2.61. The molecular weight excluding hydrogens is 224 g/mol. The predicted octanol–water partition coefficient (Wildman–Crippen LogP) is 3.97. The summed E-state index contributed by atoms with van der Waals surface area (Å²) in [5.41, 5.74) is 1.48. The summed E-state index contributed by atoms with van der Waals surface area (Å²) in [5, 5.41) is 0. The molecule has 1 aromatic carbocycles. The summed E-state index contributed by atoms with van der Waals surface area (Å²) >= 11 is 0. The first kappa shape index (κ1) is 13.6. The van der Waals surface area contributed by atoms with Crippen molar-refractivity contribution in [2.45, 2.75) is 45.8 Å². The Kier molecular flexibility index (Phi) is 4.41. The lowest BCUT2D eigenvalue weighted by Gasteiger charge is -2.39. The van der Waals surface area contributed by atoms with Crippen molar-refractivity contribution >= 4 is 0 Å². The molecule has 0 spiro atoms. The van der Waals surface area contributed by atoms with Gasteiger partial charge in [-0.05, 0) is 12.0 Å². The van der Waals surface area contributed by atoms with E-state index in [2.05, 4.69) is 45.0 Å². The SMILES string of the molecule is CCCC1(C)COC(C(C)c2ccccc2)OC1. The Morgan fingerprint density at radius 1 is 1.22 bits per heavy atom. The average molecular weight is 248 g/mol. The molecule has 1 fully saturated rings. The van der Waals surface area contributed by atoms with Crippen molar-refractivity contribution < 1.29 is 9.47 Å². The van der Waals surface area contributed by atoms with Crippen LogP contribution in [-0.4, -0.2) is 19.5 Å². The molecule has 0 aromatic heterocycles. The maximum atomic E-state index is 5.94. The minimum atomic E-state index is -0.0997. The second kappa shape index (κ2) is 5.85. The molecular formula is C16H24O2. The molecule has 0 amide bonds.